The molecule has 0 aliphatic heterocycles. The van der Waals surface area contributed by atoms with Crippen molar-refractivity contribution < 1.29 is 68.7 Å². The number of fused-ring (bicyclic) bond motifs is 1. The van der Waals surface area contributed by atoms with Crippen LogP contribution in [0.25, 0.3) is 11.0 Å². The third-order valence-corrected chi connectivity index (χ3v) is 1.91. The quantitative estimate of drug-likeness (QED) is 0.473. The average molecular weight is 254 g/mol. The SMILES string of the molecule is Fc1cnc2ccc([B-](F)(F)F)cc2n1.[K+]. The van der Waals surface area contributed by atoms with Gasteiger partial charge in [0.05, 0.1) is 17.2 Å². The van der Waals surface area contributed by atoms with Gasteiger partial charge in [0.1, 0.15) is 0 Å². The molecule has 2 nitrogen and oxygen atoms in total. The number of nitrogens with zero attached hydrogens (tertiary/aromatic N) is 2. The Morgan fingerprint density at radius 3 is 2.38 bits per heavy atom. The molecule has 2 aromatic rings. The maximum Gasteiger partial charge on any atom is 1.00 e. The van der Waals surface area contributed by atoms with Crippen LogP contribution in [0, 0.1) is 5.95 Å². The Hall–Kier alpha value is -0.0187. The molecule has 2 rings (SSSR count). The molecule has 78 valence electrons. The molecule has 1 aromatic heterocycles. The summed E-state index contributed by atoms with van der Waals surface area (Å²) in [6.07, 6.45) is 0.862. The summed E-state index contributed by atoms with van der Waals surface area (Å²) in [7, 11) is 0. The molecule has 0 aliphatic carbocycles. The topological polar surface area (TPSA) is 25.8 Å². The first-order chi connectivity index (χ1) is 6.97. The summed E-state index contributed by atoms with van der Waals surface area (Å²) in [5, 5.41) is 0. The van der Waals surface area contributed by atoms with Crippen LogP contribution in [-0.2, 0) is 0 Å². The van der Waals surface area contributed by atoms with E-state index in [0.29, 0.717) is 0 Å². The van der Waals surface area contributed by atoms with E-state index >= 15 is 0 Å². The Morgan fingerprint density at radius 2 is 1.75 bits per heavy atom. The molecule has 0 N–H and O–H groups in total. The predicted molar refractivity (Wildman–Crippen MR) is 48.2 cm³/mol. The summed E-state index contributed by atoms with van der Waals surface area (Å²) in [4.78, 5) is 6.94. The normalized spacial score (nSPS) is 11.2. The van der Waals surface area contributed by atoms with Crippen molar-refractivity contribution in [3.8, 4) is 0 Å². The van der Waals surface area contributed by atoms with Gasteiger partial charge in [0, 0.05) is 0 Å². The van der Waals surface area contributed by atoms with Gasteiger partial charge in [-0.25, -0.2) is 9.97 Å². The summed E-state index contributed by atoms with van der Waals surface area (Å²) in [5.74, 6) is -0.894. The Balaban J connectivity index is 0.00000128. The van der Waals surface area contributed by atoms with Gasteiger partial charge in [-0.05, 0) is 6.07 Å². The molecule has 0 amide bonds. The summed E-state index contributed by atoms with van der Waals surface area (Å²) in [5.41, 5.74) is -0.658. The maximum absolute atomic E-state index is 12.6. The van der Waals surface area contributed by atoms with Crippen molar-refractivity contribution in [2.24, 2.45) is 0 Å². The van der Waals surface area contributed by atoms with Crippen LogP contribution in [0.4, 0.5) is 17.3 Å². The van der Waals surface area contributed by atoms with Gasteiger partial charge in [-0.2, -0.15) is 4.39 Å². The maximum atomic E-state index is 12.6. The van der Waals surface area contributed by atoms with Gasteiger partial charge in [0.25, 0.3) is 0 Å². The third kappa shape index (κ3) is 3.01. The number of halogens is 4. The molecule has 0 spiro atoms. The Morgan fingerprint density at radius 1 is 1.06 bits per heavy atom. The molecular weight excluding hydrogens is 250 g/mol. The first-order valence-corrected chi connectivity index (χ1v) is 4.09. The minimum absolute atomic E-state index is 0. The van der Waals surface area contributed by atoms with Crippen LogP contribution < -0.4 is 56.8 Å². The van der Waals surface area contributed by atoms with Gasteiger partial charge in [-0.15, -0.1) is 5.46 Å². The van der Waals surface area contributed by atoms with Gasteiger partial charge >= 0.3 is 58.4 Å². The number of rotatable bonds is 1. The zero-order valence-electron chi connectivity index (χ0n) is 8.29. The van der Waals surface area contributed by atoms with E-state index in [1.54, 1.807) is 0 Å². The largest absolute Gasteiger partial charge is 1.00 e. The molecule has 0 atom stereocenters. The van der Waals surface area contributed by atoms with Crippen LogP contribution in [-0.4, -0.2) is 16.9 Å². The molecule has 0 radical (unpaired) electrons. The second kappa shape index (κ2) is 5.09. The molecule has 8 heteroatoms. The molecule has 0 saturated carbocycles. The van der Waals surface area contributed by atoms with E-state index in [0.717, 1.165) is 18.3 Å². The monoisotopic (exact) mass is 254 g/mol. The Kier molecular flexibility index (Phi) is 4.47. The van der Waals surface area contributed by atoms with Crippen molar-refractivity contribution in [3.05, 3.63) is 30.3 Å². The van der Waals surface area contributed by atoms with Crippen LogP contribution >= 0.6 is 0 Å². The van der Waals surface area contributed by atoms with E-state index in [4.69, 9.17) is 0 Å². The summed E-state index contributed by atoms with van der Waals surface area (Å²) in [6, 6.07) is 2.88. The fraction of sp³-hybridized carbons (Fsp3) is 0. The van der Waals surface area contributed by atoms with Crippen molar-refractivity contribution >= 4 is 23.5 Å². The Bertz CT molecular complexity index is 517. The van der Waals surface area contributed by atoms with Gasteiger partial charge in [0.15, 0.2) is 0 Å². The van der Waals surface area contributed by atoms with Crippen molar-refractivity contribution in [1.29, 1.82) is 0 Å². The average Bonchev–Trinajstić information content (AvgIpc) is 2.15. The molecule has 0 saturated heterocycles. The standard InChI is InChI=1S/C8H4BF4N2.K/c10-8-4-14-6-2-1-5(9(11,12)13)3-7(6)15-8;/h1-4H;/q-1;+1. The first-order valence-electron chi connectivity index (χ1n) is 4.09. The smallest absolute Gasteiger partial charge is 0.445 e. The molecule has 0 aliphatic rings. The van der Waals surface area contributed by atoms with E-state index in [2.05, 4.69) is 9.97 Å². The fourth-order valence-corrected chi connectivity index (χ4v) is 1.21. The van der Waals surface area contributed by atoms with E-state index in [1.807, 2.05) is 0 Å². The minimum Gasteiger partial charge on any atom is -0.445 e. The summed E-state index contributed by atoms with van der Waals surface area (Å²) in [6.45, 7) is -5.09. The van der Waals surface area contributed by atoms with Gasteiger partial charge in [-0.3, -0.25) is 0 Å². The Labute approximate surface area is 131 Å². The predicted octanol–water partition coefficient (Wildman–Crippen LogP) is -1.17. The second-order valence-electron chi connectivity index (χ2n) is 3.02. The zero-order chi connectivity index (χ0) is 11.1. The summed E-state index contributed by atoms with van der Waals surface area (Å²) >= 11 is 0. The number of hydrogen-bond acceptors (Lipinski definition) is 2. The first kappa shape index (κ1) is 14.0. The van der Waals surface area contributed by atoms with Crippen LogP contribution in [0.3, 0.4) is 0 Å². The van der Waals surface area contributed by atoms with Crippen molar-refractivity contribution in [2.45, 2.75) is 0 Å². The van der Waals surface area contributed by atoms with E-state index in [1.165, 1.54) is 6.07 Å². The number of benzene rings is 1. The van der Waals surface area contributed by atoms with E-state index in [-0.39, 0.29) is 62.4 Å². The molecular formula is C8H4BF4KN2. The fourth-order valence-electron chi connectivity index (χ4n) is 1.21. The molecule has 1 heterocycles. The molecule has 16 heavy (non-hydrogen) atoms. The molecule has 0 unspecified atom stereocenters. The second-order valence-corrected chi connectivity index (χ2v) is 3.02. The zero-order valence-corrected chi connectivity index (χ0v) is 11.4. The number of hydrogen-bond donors (Lipinski definition) is 0. The molecule has 0 bridgehead atoms. The van der Waals surface area contributed by atoms with E-state index < -0.39 is 18.4 Å². The van der Waals surface area contributed by atoms with Crippen LogP contribution in [0.1, 0.15) is 0 Å². The van der Waals surface area contributed by atoms with Crippen molar-refractivity contribution in [2.75, 3.05) is 0 Å². The van der Waals surface area contributed by atoms with Gasteiger partial charge in [-0.1, -0.05) is 12.1 Å². The summed E-state index contributed by atoms with van der Waals surface area (Å²) < 4.78 is 49.6. The van der Waals surface area contributed by atoms with Gasteiger partial charge < -0.3 is 12.9 Å². The van der Waals surface area contributed by atoms with Crippen LogP contribution in [0.5, 0.6) is 0 Å². The van der Waals surface area contributed by atoms with Gasteiger partial charge in [0.2, 0.25) is 5.95 Å². The number of aromatic nitrogens is 2. The van der Waals surface area contributed by atoms with Crippen molar-refractivity contribution in [3.63, 3.8) is 0 Å². The van der Waals surface area contributed by atoms with E-state index in [9.17, 15) is 17.3 Å². The molecule has 1 aromatic carbocycles. The van der Waals surface area contributed by atoms with Crippen molar-refractivity contribution in [1.82, 2.24) is 9.97 Å². The van der Waals surface area contributed by atoms with Crippen LogP contribution in [0.2, 0.25) is 0 Å². The third-order valence-electron chi connectivity index (χ3n) is 1.91. The minimum atomic E-state index is -5.09. The molecule has 0 fully saturated rings. The van der Waals surface area contributed by atoms with Crippen LogP contribution in [0.15, 0.2) is 24.4 Å².